The lowest BCUT2D eigenvalue weighted by molar-refractivity contribution is -0.123. The van der Waals surface area contributed by atoms with Gasteiger partial charge < -0.3 is 5.32 Å². The average molecular weight is 465 g/mol. The number of fused-ring (bicyclic) bond motifs is 5. The second kappa shape index (κ2) is 8.19. The molecule has 1 heterocycles. The van der Waals surface area contributed by atoms with E-state index in [1.807, 2.05) is 50.2 Å². The summed E-state index contributed by atoms with van der Waals surface area (Å²) in [5.41, 5.74) is 4.77. The second-order valence-corrected chi connectivity index (χ2v) is 10.2. The zero-order valence-corrected chi connectivity index (χ0v) is 19.9. The zero-order chi connectivity index (χ0) is 24.3. The molecule has 3 amide bonds. The Morgan fingerprint density at radius 2 is 1.54 bits per heavy atom. The van der Waals surface area contributed by atoms with Crippen molar-refractivity contribution in [2.75, 3.05) is 10.2 Å². The van der Waals surface area contributed by atoms with Crippen molar-refractivity contribution in [2.45, 2.75) is 32.6 Å². The Labute approximate surface area is 205 Å². The molecule has 0 spiro atoms. The van der Waals surface area contributed by atoms with Gasteiger partial charge in [-0.05, 0) is 79.3 Å². The van der Waals surface area contributed by atoms with Crippen LogP contribution in [0.2, 0.25) is 0 Å². The van der Waals surface area contributed by atoms with E-state index in [0.717, 1.165) is 29.7 Å². The molecule has 0 radical (unpaired) electrons. The Bertz CT molecular complexity index is 1350. The third kappa shape index (κ3) is 3.33. The van der Waals surface area contributed by atoms with E-state index in [-0.39, 0.29) is 41.4 Å². The van der Waals surface area contributed by atoms with Crippen LogP contribution in [0.5, 0.6) is 0 Å². The molecule has 1 N–H and O–H groups in total. The number of imide groups is 1. The van der Waals surface area contributed by atoms with Crippen LogP contribution in [-0.2, 0) is 9.59 Å². The lowest BCUT2D eigenvalue weighted by Crippen LogP contribution is -2.34. The average Bonchev–Trinajstić information content (AvgIpc) is 3.54. The van der Waals surface area contributed by atoms with E-state index >= 15 is 0 Å². The van der Waals surface area contributed by atoms with Crippen LogP contribution >= 0.6 is 0 Å². The quantitative estimate of drug-likeness (QED) is 0.520. The lowest BCUT2D eigenvalue weighted by Gasteiger charge is -2.28. The first-order chi connectivity index (χ1) is 17.0. The van der Waals surface area contributed by atoms with Crippen molar-refractivity contribution in [1.29, 1.82) is 0 Å². The number of carbonyl (C=O) groups is 3. The van der Waals surface area contributed by atoms with Crippen LogP contribution in [0.4, 0.5) is 11.4 Å². The molecule has 3 aromatic carbocycles. The zero-order valence-electron chi connectivity index (χ0n) is 19.9. The van der Waals surface area contributed by atoms with Crippen molar-refractivity contribution in [3.63, 3.8) is 0 Å². The molecule has 1 aliphatic heterocycles. The van der Waals surface area contributed by atoms with Gasteiger partial charge in [0.2, 0.25) is 11.8 Å². The number of aryl methyl sites for hydroxylation is 1. The number of amides is 3. The summed E-state index contributed by atoms with van der Waals surface area (Å²) in [7, 11) is 0. The van der Waals surface area contributed by atoms with E-state index < -0.39 is 0 Å². The topological polar surface area (TPSA) is 66.5 Å². The van der Waals surface area contributed by atoms with E-state index in [4.69, 9.17) is 0 Å². The first-order valence-corrected chi connectivity index (χ1v) is 12.3. The summed E-state index contributed by atoms with van der Waals surface area (Å²) in [6.45, 7) is 3.96. The molecule has 5 unspecified atom stereocenters. The molecule has 2 bridgehead atoms. The highest BCUT2D eigenvalue weighted by atomic mass is 16.2. The number of benzene rings is 3. The van der Waals surface area contributed by atoms with Crippen molar-refractivity contribution in [1.82, 2.24) is 0 Å². The Balaban J connectivity index is 1.31. The summed E-state index contributed by atoms with van der Waals surface area (Å²) in [5.74, 6) is -0.508. The number of para-hydroxylation sites is 1. The number of rotatable bonds is 4. The van der Waals surface area contributed by atoms with Crippen LogP contribution in [0, 0.1) is 37.5 Å². The fourth-order valence-corrected chi connectivity index (χ4v) is 6.72. The SMILES string of the molecule is Cc1cccc(NC(=O)c2ccccc2N2C(=O)C3C4CC(c5ccccc5)C(C4)C3C2=O)c1C. The molecule has 0 aromatic heterocycles. The maximum absolute atomic E-state index is 13.8. The highest BCUT2D eigenvalue weighted by molar-refractivity contribution is 6.25. The van der Waals surface area contributed by atoms with E-state index in [2.05, 4.69) is 17.4 Å². The number of hydrogen-bond acceptors (Lipinski definition) is 3. The number of nitrogens with zero attached hydrogens (tertiary/aromatic N) is 1. The highest BCUT2D eigenvalue weighted by Gasteiger charge is 2.64. The standard InChI is InChI=1S/C30H28N2O3/c1-17-9-8-13-24(18(17)2)31-28(33)21-12-6-7-14-25(21)32-29(34)26-20-15-22(19-10-4-3-5-11-19)23(16-20)27(26)30(32)35/h3-14,20,22-23,26-27H,15-16H2,1-2H3,(H,31,33). The summed E-state index contributed by atoms with van der Waals surface area (Å²) in [6, 6.07) is 23.0. The summed E-state index contributed by atoms with van der Waals surface area (Å²) < 4.78 is 0. The molecule has 5 atom stereocenters. The van der Waals surface area contributed by atoms with Gasteiger partial charge in [0.15, 0.2) is 0 Å². The van der Waals surface area contributed by atoms with E-state index in [1.165, 1.54) is 10.5 Å². The predicted molar refractivity (Wildman–Crippen MR) is 135 cm³/mol. The normalized spacial score (nSPS) is 26.8. The van der Waals surface area contributed by atoms with E-state index in [1.54, 1.807) is 24.3 Å². The van der Waals surface area contributed by atoms with Crippen LogP contribution in [0.25, 0.3) is 0 Å². The van der Waals surface area contributed by atoms with Gasteiger partial charge in [-0.2, -0.15) is 0 Å². The fraction of sp³-hybridized carbons (Fsp3) is 0.300. The first-order valence-electron chi connectivity index (χ1n) is 12.3. The van der Waals surface area contributed by atoms with Crippen LogP contribution in [0.1, 0.15) is 45.8 Å². The van der Waals surface area contributed by atoms with Crippen molar-refractivity contribution in [3.05, 3.63) is 95.1 Å². The monoisotopic (exact) mass is 464 g/mol. The van der Waals surface area contributed by atoms with Crippen molar-refractivity contribution < 1.29 is 14.4 Å². The molecule has 176 valence electrons. The third-order valence-electron chi connectivity index (χ3n) is 8.49. The Morgan fingerprint density at radius 1 is 0.829 bits per heavy atom. The summed E-state index contributed by atoms with van der Waals surface area (Å²) in [5, 5.41) is 2.98. The Morgan fingerprint density at radius 3 is 2.34 bits per heavy atom. The Kier molecular flexibility index (Phi) is 5.10. The molecule has 5 heteroatoms. The van der Waals surface area contributed by atoms with Gasteiger partial charge in [0, 0.05) is 5.69 Å². The maximum Gasteiger partial charge on any atom is 0.257 e. The Hall–Kier alpha value is -3.73. The minimum Gasteiger partial charge on any atom is -0.322 e. The van der Waals surface area contributed by atoms with Gasteiger partial charge in [0.05, 0.1) is 23.1 Å². The van der Waals surface area contributed by atoms with Crippen LogP contribution < -0.4 is 10.2 Å². The van der Waals surface area contributed by atoms with E-state index in [9.17, 15) is 14.4 Å². The molecule has 2 aliphatic carbocycles. The summed E-state index contributed by atoms with van der Waals surface area (Å²) in [6.07, 6.45) is 1.87. The van der Waals surface area contributed by atoms with E-state index in [0.29, 0.717) is 17.2 Å². The largest absolute Gasteiger partial charge is 0.322 e. The molecule has 1 saturated heterocycles. The second-order valence-electron chi connectivity index (χ2n) is 10.2. The summed E-state index contributed by atoms with van der Waals surface area (Å²) >= 11 is 0. The van der Waals surface area contributed by atoms with Gasteiger partial charge in [-0.15, -0.1) is 0 Å². The van der Waals surface area contributed by atoms with Crippen molar-refractivity contribution >= 4 is 29.1 Å². The number of anilines is 2. The molecule has 35 heavy (non-hydrogen) atoms. The number of hydrogen-bond donors (Lipinski definition) is 1. The molecule has 5 nitrogen and oxygen atoms in total. The number of carbonyl (C=O) groups excluding carboxylic acids is 3. The van der Waals surface area contributed by atoms with Gasteiger partial charge >= 0.3 is 0 Å². The van der Waals surface area contributed by atoms with Crippen LogP contribution in [0.15, 0.2) is 72.8 Å². The summed E-state index contributed by atoms with van der Waals surface area (Å²) in [4.78, 5) is 42.0. The minimum absolute atomic E-state index is 0.147. The van der Waals surface area contributed by atoms with Crippen LogP contribution in [0.3, 0.4) is 0 Å². The highest BCUT2D eigenvalue weighted by Crippen LogP contribution is 2.62. The smallest absolute Gasteiger partial charge is 0.257 e. The maximum atomic E-state index is 13.8. The van der Waals surface area contributed by atoms with Crippen molar-refractivity contribution in [3.8, 4) is 0 Å². The third-order valence-corrected chi connectivity index (χ3v) is 8.49. The molecule has 3 fully saturated rings. The number of nitrogens with one attached hydrogen (secondary N) is 1. The van der Waals surface area contributed by atoms with Gasteiger partial charge in [0.25, 0.3) is 5.91 Å². The lowest BCUT2D eigenvalue weighted by atomic mass is 9.73. The van der Waals surface area contributed by atoms with Gasteiger partial charge in [-0.3, -0.25) is 14.4 Å². The molecule has 3 aliphatic rings. The molecule has 2 saturated carbocycles. The van der Waals surface area contributed by atoms with Crippen molar-refractivity contribution in [2.24, 2.45) is 23.7 Å². The van der Waals surface area contributed by atoms with Gasteiger partial charge in [0.1, 0.15) is 0 Å². The minimum atomic E-state index is -0.322. The van der Waals surface area contributed by atoms with Crippen LogP contribution in [-0.4, -0.2) is 17.7 Å². The molecular weight excluding hydrogens is 436 g/mol. The predicted octanol–water partition coefficient (Wildman–Crippen LogP) is 5.48. The molecular formula is C30H28N2O3. The molecule has 3 aromatic rings. The van der Waals surface area contributed by atoms with Gasteiger partial charge in [-0.1, -0.05) is 54.6 Å². The van der Waals surface area contributed by atoms with Gasteiger partial charge in [-0.25, -0.2) is 4.90 Å². The molecule has 6 rings (SSSR count). The first kappa shape index (κ1) is 21.8. The fourth-order valence-electron chi connectivity index (χ4n) is 6.72.